The van der Waals surface area contributed by atoms with Crippen LogP contribution in [-0.4, -0.2) is 29.7 Å². The van der Waals surface area contributed by atoms with E-state index in [4.69, 9.17) is 5.11 Å². The number of carboxylic acid groups (broad SMARTS) is 1. The fourth-order valence-electron chi connectivity index (χ4n) is 2.40. The zero-order valence-corrected chi connectivity index (χ0v) is 11.8. The van der Waals surface area contributed by atoms with Crippen molar-refractivity contribution in [3.63, 3.8) is 0 Å². The van der Waals surface area contributed by atoms with Crippen LogP contribution >= 0.6 is 0 Å². The summed E-state index contributed by atoms with van der Waals surface area (Å²) in [7, 11) is -3.77. The Kier molecular flexibility index (Phi) is 3.17. The summed E-state index contributed by atoms with van der Waals surface area (Å²) in [5, 5.41) is 14.6. The molecule has 0 saturated heterocycles. The molecule has 0 fully saturated rings. The molecule has 8 heteroatoms. The van der Waals surface area contributed by atoms with Crippen molar-refractivity contribution in [2.24, 2.45) is 0 Å². The third-order valence-electron chi connectivity index (χ3n) is 3.43. The molecule has 2 aromatic rings. The van der Waals surface area contributed by atoms with Gasteiger partial charge in [-0.2, -0.15) is 5.10 Å². The summed E-state index contributed by atoms with van der Waals surface area (Å²) in [6.07, 6.45) is 2.89. The smallest absolute Gasteiger partial charge is 0.353 e. The lowest BCUT2D eigenvalue weighted by Gasteiger charge is -2.07. The Labute approximate surface area is 121 Å². The first-order chi connectivity index (χ1) is 9.95. The minimum Gasteiger partial charge on any atom is -0.477 e. The van der Waals surface area contributed by atoms with Gasteiger partial charge < -0.3 is 5.11 Å². The van der Waals surface area contributed by atoms with Gasteiger partial charge in [0, 0.05) is 6.07 Å². The Morgan fingerprint density at radius 1 is 1.24 bits per heavy atom. The molecule has 0 unspecified atom stereocenters. The van der Waals surface area contributed by atoms with Crippen LogP contribution < -0.4 is 4.72 Å². The fourth-order valence-corrected chi connectivity index (χ4v) is 3.44. The number of rotatable bonds is 4. The summed E-state index contributed by atoms with van der Waals surface area (Å²) in [5.41, 5.74) is 2.05. The van der Waals surface area contributed by atoms with E-state index in [-0.39, 0.29) is 16.4 Å². The third-order valence-corrected chi connectivity index (χ3v) is 4.78. The number of aromatic carboxylic acids is 1. The molecule has 1 aliphatic carbocycles. The Bertz CT molecular complexity index is 811. The highest BCUT2D eigenvalue weighted by Crippen LogP contribution is 2.25. The Morgan fingerprint density at radius 3 is 2.71 bits per heavy atom. The number of carboxylic acids is 1. The quantitative estimate of drug-likeness (QED) is 0.790. The molecule has 3 rings (SSSR count). The van der Waals surface area contributed by atoms with Crippen LogP contribution in [0.4, 0.5) is 5.82 Å². The lowest BCUT2D eigenvalue weighted by molar-refractivity contribution is 0.0690. The number of aromatic amines is 1. The van der Waals surface area contributed by atoms with Crippen LogP contribution in [-0.2, 0) is 22.9 Å². The van der Waals surface area contributed by atoms with E-state index in [0.717, 1.165) is 30.9 Å². The second kappa shape index (κ2) is 4.88. The number of nitrogens with one attached hydrogen (secondary N) is 2. The lowest BCUT2D eigenvalue weighted by atomic mass is 10.1. The van der Waals surface area contributed by atoms with Gasteiger partial charge in [-0.15, -0.1) is 0 Å². The summed E-state index contributed by atoms with van der Waals surface area (Å²) in [6, 6.07) is 6.17. The average molecular weight is 307 g/mol. The summed E-state index contributed by atoms with van der Waals surface area (Å²) in [6.45, 7) is 0. The number of fused-ring (bicyclic) bond motifs is 1. The van der Waals surface area contributed by atoms with Crippen LogP contribution in [0.5, 0.6) is 0 Å². The van der Waals surface area contributed by atoms with E-state index in [2.05, 4.69) is 14.9 Å². The molecule has 21 heavy (non-hydrogen) atoms. The van der Waals surface area contributed by atoms with E-state index in [1.54, 1.807) is 12.1 Å². The summed E-state index contributed by atoms with van der Waals surface area (Å²) >= 11 is 0. The molecule has 0 aliphatic heterocycles. The Morgan fingerprint density at radius 2 is 2.00 bits per heavy atom. The molecule has 1 heterocycles. The highest BCUT2D eigenvalue weighted by Gasteiger charge is 2.20. The van der Waals surface area contributed by atoms with E-state index in [9.17, 15) is 13.2 Å². The van der Waals surface area contributed by atoms with E-state index < -0.39 is 16.0 Å². The van der Waals surface area contributed by atoms with Gasteiger partial charge in [0.1, 0.15) is 5.69 Å². The summed E-state index contributed by atoms with van der Waals surface area (Å²) in [4.78, 5) is 10.9. The van der Waals surface area contributed by atoms with Crippen LogP contribution in [0.1, 0.15) is 28.0 Å². The lowest BCUT2D eigenvalue weighted by Crippen LogP contribution is -2.13. The van der Waals surface area contributed by atoms with Gasteiger partial charge in [0.2, 0.25) is 0 Å². The molecule has 7 nitrogen and oxygen atoms in total. The van der Waals surface area contributed by atoms with Gasteiger partial charge in [0.15, 0.2) is 5.82 Å². The number of aromatic nitrogens is 2. The molecular weight excluding hydrogens is 294 g/mol. The van der Waals surface area contributed by atoms with Crippen molar-refractivity contribution in [1.29, 1.82) is 0 Å². The van der Waals surface area contributed by atoms with Crippen LogP contribution in [0.2, 0.25) is 0 Å². The predicted octanol–water partition coefficient (Wildman–Crippen LogP) is 1.40. The monoisotopic (exact) mass is 307 g/mol. The molecule has 1 aliphatic rings. The van der Waals surface area contributed by atoms with Crippen LogP contribution in [0.15, 0.2) is 29.2 Å². The third kappa shape index (κ3) is 2.62. The zero-order chi connectivity index (χ0) is 15.0. The molecule has 0 spiro atoms. The first-order valence-electron chi connectivity index (χ1n) is 6.39. The van der Waals surface area contributed by atoms with E-state index >= 15 is 0 Å². The number of anilines is 1. The zero-order valence-electron chi connectivity index (χ0n) is 11.0. The first kappa shape index (κ1) is 13.6. The maximum absolute atomic E-state index is 12.3. The van der Waals surface area contributed by atoms with E-state index in [1.165, 1.54) is 5.56 Å². The Hall–Kier alpha value is -2.35. The number of nitrogens with zero attached hydrogens (tertiary/aromatic N) is 1. The molecule has 110 valence electrons. The second-order valence-corrected chi connectivity index (χ2v) is 6.54. The van der Waals surface area contributed by atoms with Crippen molar-refractivity contribution in [3.05, 3.63) is 41.1 Å². The van der Waals surface area contributed by atoms with Crippen molar-refractivity contribution < 1.29 is 18.3 Å². The molecule has 0 radical (unpaired) electrons. The first-order valence-corrected chi connectivity index (χ1v) is 7.87. The van der Waals surface area contributed by atoms with Gasteiger partial charge in [-0.25, -0.2) is 13.2 Å². The molecule has 0 amide bonds. The maximum Gasteiger partial charge on any atom is 0.353 e. The highest BCUT2D eigenvalue weighted by atomic mass is 32.2. The second-order valence-electron chi connectivity index (χ2n) is 4.86. The van der Waals surface area contributed by atoms with Crippen molar-refractivity contribution in [3.8, 4) is 0 Å². The Balaban J connectivity index is 1.88. The van der Waals surface area contributed by atoms with Crippen LogP contribution in [0.3, 0.4) is 0 Å². The van der Waals surface area contributed by atoms with Gasteiger partial charge in [-0.05, 0) is 42.5 Å². The molecule has 1 aromatic carbocycles. The summed E-state index contributed by atoms with van der Waals surface area (Å²) in [5.74, 6) is -1.25. The number of aryl methyl sites for hydroxylation is 2. The van der Waals surface area contributed by atoms with E-state index in [0.29, 0.717) is 0 Å². The van der Waals surface area contributed by atoms with Crippen molar-refractivity contribution >= 4 is 21.8 Å². The SMILES string of the molecule is O=C(O)c1cc(NS(=O)(=O)c2ccc3c(c2)CCC3)n[nH]1. The molecule has 0 atom stereocenters. The molecule has 0 saturated carbocycles. The predicted molar refractivity (Wildman–Crippen MR) is 74.8 cm³/mol. The molecule has 3 N–H and O–H groups in total. The minimum atomic E-state index is -3.77. The fraction of sp³-hybridized carbons (Fsp3) is 0.231. The van der Waals surface area contributed by atoms with Gasteiger partial charge in [-0.3, -0.25) is 9.82 Å². The number of benzene rings is 1. The largest absolute Gasteiger partial charge is 0.477 e. The van der Waals surface area contributed by atoms with Gasteiger partial charge in [0.05, 0.1) is 4.90 Å². The highest BCUT2D eigenvalue weighted by molar-refractivity contribution is 7.92. The van der Waals surface area contributed by atoms with Crippen LogP contribution in [0.25, 0.3) is 0 Å². The number of H-pyrrole nitrogens is 1. The van der Waals surface area contributed by atoms with Crippen LogP contribution in [0, 0.1) is 0 Å². The molecular formula is C13H13N3O4S. The summed E-state index contributed by atoms with van der Waals surface area (Å²) < 4.78 is 26.8. The van der Waals surface area contributed by atoms with Gasteiger partial charge in [0.25, 0.3) is 10.0 Å². The van der Waals surface area contributed by atoms with Crippen molar-refractivity contribution in [2.45, 2.75) is 24.2 Å². The topological polar surface area (TPSA) is 112 Å². The van der Waals surface area contributed by atoms with Gasteiger partial charge in [-0.1, -0.05) is 6.07 Å². The van der Waals surface area contributed by atoms with Crippen molar-refractivity contribution in [1.82, 2.24) is 10.2 Å². The average Bonchev–Trinajstić information content (AvgIpc) is 3.05. The molecule has 1 aromatic heterocycles. The number of carbonyl (C=O) groups is 1. The number of hydrogen-bond acceptors (Lipinski definition) is 4. The molecule has 0 bridgehead atoms. The number of hydrogen-bond donors (Lipinski definition) is 3. The van der Waals surface area contributed by atoms with Gasteiger partial charge >= 0.3 is 5.97 Å². The van der Waals surface area contributed by atoms with E-state index in [1.807, 2.05) is 6.07 Å². The minimum absolute atomic E-state index is 0.0482. The standard InChI is InChI=1S/C13H13N3O4S/c17-13(18)11-7-12(15-14-11)16-21(19,20)10-5-4-8-2-1-3-9(8)6-10/h4-7H,1-3H2,(H,17,18)(H2,14,15,16). The van der Waals surface area contributed by atoms with Crippen molar-refractivity contribution in [2.75, 3.05) is 4.72 Å². The number of sulfonamides is 1. The normalized spacial score (nSPS) is 13.9. The maximum atomic E-state index is 12.3.